The first kappa shape index (κ1) is 11.1. The van der Waals surface area contributed by atoms with Crippen LogP contribution in [0.3, 0.4) is 0 Å². The molecule has 17 heavy (non-hydrogen) atoms. The Kier molecular flexibility index (Phi) is 3.36. The first-order chi connectivity index (χ1) is 8.31. The zero-order chi connectivity index (χ0) is 12.1. The lowest BCUT2D eigenvalue weighted by atomic mass is 10.2. The van der Waals surface area contributed by atoms with E-state index < -0.39 is 0 Å². The Bertz CT molecular complexity index is 525. The molecule has 0 aliphatic rings. The summed E-state index contributed by atoms with van der Waals surface area (Å²) in [7, 11) is 0. The standard InChI is InChI=1S/C12H11N3O2/c1-2-11-14-15-12(17-11)8-16-10-5-3-9(7-13)4-6-10/h3-6H,2,8H2,1H3. The molecule has 5 heteroatoms. The van der Waals surface area contributed by atoms with Crippen molar-refractivity contribution in [3.63, 3.8) is 0 Å². The Hall–Kier alpha value is -2.35. The van der Waals surface area contributed by atoms with Crippen molar-refractivity contribution in [3.05, 3.63) is 41.6 Å². The van der Waals surface area contributed by atoms with Gasteiger partial charge >= 0.3 is 0 Å². The highest BCUT2D eigenvalue weighted by atomic mass is 16.5. The molecule has 2 rings (SSSR count). The van der Waals surface area contributed by atoms with Crippen LogP contribution in [0.2, 0.25) is 0 Å². The maximum Gasteiger partial charge on any atom is 0.253 e. The number of hydrogen-bond acceptors (Lipinski definition) is 5. The average Bonchev–Trinajstić information content (AvgIpc) is 2.85. The summed E-state index contributed by atoms with van der Waals surface area (Å²) in [6.45, 7) is 2.18. The third-order valence-corrected chi connectivity index (χ3v) is 2.16. The minimum atomic E-state index is 0.235. The fraction of sp³-hybridized carbons (Fsp3) is 0.250. The molecule has 0 N–H and O–H groups in total. The number of benzene rings is 1. The van der Waals surface area contributed by atoms with Crippen LogP contribution in [0.1, 0.15) is 24.3 Å². The van der Waals surface area contributed by atoms with Crippen LogP contribution in [0.25, 0.3) is 0 Å². The number of aromatic nitrogens is 2. The van der Waals surface area contributed by atoms with Crippen LogP contribution in [-0.4, -0.2) is 10.2 Å². The Labute approximate surface area is 98.7 Å². The lowest BCUT2D eigenvalue weighted by Crippen LogP contribution is -1.95. The van der Waals surface area contributed by atoms with Crippen molar-refractivity contribution in [1.29, 1.82) is 5.26 Å². The summed E-state index contributed by atoms with van der Waals surface area (Å²) < 4.78 is 10.7. The number of ether oxygens (including phenoxy) is 1. The van der Waals surface area contributed by atoms with E-state index in [0.29, 0.717) is 29.5 Å². The number of rotatable bonds is 4. The summed E-state index contributed by atoms with van der Waals surface area (Å²) in [4.78, 5) is 0. The van der Waals surface area contributed by atoms with Crippen molar-refractivity contribution in [2.24, 2.45) is 0 Å². The number of nitrogens with zero attached hydrogens (tertiary/aromatic N) is 3. The minimum absolute atomic E-state index is 0.235. The van der Waals surface area contributed by atoms with E-state index in [1.807, 2.05) is 13.0 Å². The minimum Gasteiger partial charge on any atom is -0.484 e. The summed E-state index contributed by atoms with van der Waals surface area (Å²) in [6.07, 6.45) is 0.712. The monoisotopic (exact) mass is 229 g/mol. The van der Waals surface area contributed by atoms with Gasteiger partial charge in [-0.15, -0.1) is 10.2 Å². The third kappa shape index (κ3) is 2.82. The maximum absolute atomic E-state index is 8.64. The van der Waals surface area contributed by atoms with Crippen molar-refractivity contribution in [2.75, 3.05) is 0 Å². The van der Waals surface area contributed by atoms with Crippen LogP contribution in [0.5, 0.6) is 5.75 Å². The molecule has 0 amide bonds. The molecular weight excluding hydrogens is 218 g/mol. The normalized spacial score (nSPS) is 9.88. The molecule has 0 fully saturated rings. The molecule has 0 atom stereocenters. The molecule has 2 aromatic rings. The molecule has 0 spiro atoms. The summed E-state index contributed by atoms with van der Waals surface area (Å²) in [5.41, 5.74) is 0.600. The first-order valence-electron chi connectivity index (χ1n) is 5.26. The van der Waals surface area contributed by atoms with E-state index in [-0.39, 0.29) is 6.61 Å². The molecular formula is C12H11N3O2. The quantitative estimate of drug-likeness (QED) is 0.802. The molecule has 86 valence electrons. The van der Waals surface area contributed by atoms with Gasteiger partial charge in [-0.25, -0.2) is 0 Å². The van der Waals surface area contributed by atoms with Crippen molar-refractivity contribution in [1.82, 2.24) is 10.2 Å². The molecule has 0 aliphatic heterocycles. The van der Waals surface area contributed by atoms with Gasteiger partial charge in [0.05, 0.1) is 11.6 Å². The van der Waals surface area contributed by atoms with Gasteiger partial charge in [0.2, 0.25) is 5.89 Å². The van der Waals surface area contributed by atoms with Crippen LogP contribution in [0.15, 0.2) is 28.7 Å². The average molecular weight is 229 g/mol. The maximum atomic E-state index is 8.64. The van der Waals surface area contributed by atoms with Crippen LogP contribution in [-0.2, 0) is 13.0 Å². The van der Waals surface area contributed by atoms with Crippen LogP contribution < -0.4 is 4.74 Å². The summed E-state index contributed by atoms with van der Waals surface area (Å²) in [5, 5.41) is 16.3. The van der Waals surface area contributed by atoms with Gasteiger partial charge < -0.3 is 9.15 Å². The van der Waals surface area contributed by atoms with Crippen molar-refractivity contribution < 1.29 is 9.15 Å². The molecule has 0 radical (unpaired) electrons. The van der Waals surface area contributed by atoms with Gasteiger partial charge in [-0.05, 0) is 24.3 Å². The number of aryl methyl sites for hydroxylation is 1. The molecule has 0 saturated carbocycles. The fourth-order valence-electron chi connectivity index (χ4n) is 1.26. The van der Waals surface area contributed by atoms with Gasteiger partial charge in [-0.3, -0.25) is 0 Å². The Morgan fingerprint density at radius 1 is 1.24 bits per heavy atom. The lowest BCUT2D eigenvalue weighted by molar-refractivity contribution is 0.259. The summed E-state index contributed by atoms with van der Waals surface area (Å²) in [5.74, 6) is 1.72. The van der Waals surface area contributed by atoms with E-state index in [0.717, 1.165) is 0 Å². The molecule has 0 saturated heterocycles. The Morgan fingerprint density at radius 3 is 2.53 bits per heavy atom. The van der Waals surface area contributed by atoms with Crippen LogP contribution >= 0.6 is 0 Å². The molecule has 1 aromatic heterocycles. The second-order valence-electron chi connectivity index (χ2n) is 3.37. The van der Waals surface area contributed by atoms with E-state index >= 15 is 0 Å². The SMILES string of the molecule is CCc1nnc(COc2ccc(C#N)cc2)o1. The van der Waals surface area contributed by atoms with E-state index in [1.54, 1.807) is 24.3 Å². The van der Waals surface area contributed by atoms with Gasteiger partial charge in [0.25, 0.3) is 5.89 Å². The Morgan fingerprint density at radius 2 is 1.94 bits per heavy atom. The van der Waals surface area contributed by atoms with E-state index in [1.165, 1.54) is 0 Å². The molecule has 1 aromatic carbocycles. The van der Waals surface area contributed by atoms with Crippen molar-refractivity contribution >= 4 is 0 Å². The molecule has 0 unspecified atom stereocenters. The lowest BCUT2D eigenvalue weighted by Gasteiger charge is -2.02. The highest BCUT2D eigenvalue weighted by Gasteiger charge is 2.04. The highest BCUT2D eigenvalue weighted by Crippen LogP contribution is 2.13. The topological polar surface area (TPSA) is 71.9 Å². The van der Waals surface area contributed by atoms with Gasteiger partial charge in [0, 0.05) is 6.42 Å². The third-order valence-electron chi connectivity index (χ3n) is 2.16. The largest absolute Gasteiger partial charge is 0.484 e. The van der Waals surface area contributed by atoms with Crippen LogP contribution in [0, 0.1) is 11.3 Å². The summed E-state index contributed by atoms with van der Waals surface area (Å²) >= 11 is 0. The fourth-order valence-corrected chi connectivity index (χ4v) is 1.26. The van der Waals surface area contributed by atoms with Gasteiger partial charge in [0.15, 0.2) is 6.61 Å². The molecule has 0 aliphatic carbocycles. The second kappa shape index (κ2) is 5.12. The Balaban J connectivity index is 1.95. The highest BCUT2D eigenvalue weighted by molar-refractivity contribution is 5.34. The zero-order valence-corrected chi connectivity index (χ0v) is 9.38. The number of hydrogen-bond donors (Lipinski definition) is 0. The summed E-state index contributed by atoms with van der Waals surface area (Å²) in [6, 6.07) is 8.90. The predicted molar refractivity (Wildman–Crippen MR) is 59.2 cm³/mol. The first-order valence-corrected chi connectivity index (χ1v) is 5.26. The van der Waals surface area contributed by atoms with E-state index in [4.69, 9.17) is 14.4 Å². The van der Waals surface area contributed by atoms with Crippen molar-refractivity contribution in [3.8, 4) is 11.8 Å². The number of nitriles is 1. The van der Waals surface area contributed by atoms with Gasteiger partial charge in [0.1, 0.15) is 5.75 Å². The molecule has 1 heterocycles. The van der Waals surface area contributed by atoms with Gasteiger partial charge in [-0.2, -0.15) is 5.26 Å². The van der Waals surface area contributed by atoms with E-state index in [2.05, 4.69) is 10.2 Å². The smallest absolute Gasteiger partial charge is 0.253 e. The second-order valence-corrected chi connectivity index (χ2v) is 3.37. The van der Waals surface area contributed by atoms with Crippen molar-refractivity contribution in [2.45, 2.75) is 20.0 Å². The molecule has 0 bridgehead atoms. The van der Waals surface area contributed by atoms with E-state index in [9.17, 15) is 0 Å². The van der Waals surface area contributed by atoms with Gasteiger partial charge in [-0.1, -0.05) is 6.92 Å². The zero-order valence-electron chi connectivity index (χ0n) is 9.38. The predicted octanol–water partition coefficient (Wildman–Crippen LogP) is 2.08. The van der Waals surface area contributed by atoms with Crippen LogP contribution in [0.4, 0.5) is 0 Å². The molecule has 5 nitrogen and oxygen atoms in total.